The van der Waals surface area contributed by atoms with Crippen molar-refractivity contribution in [2.45, 2.75) is 70.8 Å². The normalized spacial score (nSPS) is 25.1. The van der Waals surface area contributed by atoms with Crippen molar-refractivity contribution in [3.63, 3.8) is 0 Å². The third kappa shape index (κ3) is 6.27. The Morgan fingerprint density at radius 2 is 1.95 bits per heavy atom. The first-order valence-corrected chi connectivity index (χ1v) is 14.3. The molecule has 3 aromatic rings. The lowest BCUT2D eigenvalue weighted by Gasteiger charge is -2.27. The van der Waals surface area contributed by atoms with Crippen molar-refractivity contribution in [2.24, 2.45) is 0 Å². The van der Waals surface area contributed by atoms with Crippen molar-refractivity contribution < 1.29 is 38.1 Å². The number of anilines is 1. The van der Waals surface area contributed by atoms with Crippen LogP contribution in [0.15, 0.2) is 36.7 Å². The van der Waals surface area contributed by atoms with Crippen LogP contribution in [0.2, 0.25) is 0 Å². The number of fused-ring (bicyclic) bond motifs is 1. The summed E-state index contributed by atoms with van der Waals surface area (Å²) >= 11 is 0. The minimum Gasteiger partial charge on any atom is -0.462 e. The van der Waals surface area contributed by atoms with Gasteiger partial charge in [-0.1, -0.05) is 18.2 Å². The van der Waals surface area contributed by atoms with Crippen LogP contribution in [0.3, 0.4) is 0 Å². The number of para-hydroxylation sites is 1. The number of carbonyl (C=O) groups is 1. The van der Waals surface area contributed by atoms with Crippen LogP contribution in [0, 0.1) is 6.92 Å². The average molecular weight is 579 g/mol. The van der Waals surface area contributed by atoms with Gasteiger partial charge < -0.3 is 29.5 Å². The van der Waals surface area contributed by atoms with Crippen molar-refractivity contribution in [2.75, 3.05) is 19.0 Å². The van der Waals surface area contributed by atoms with Crippen molar-refractivity contribution >= 4 is 30.7 Å². The van der Waals surface area contributed by atoms with Crippen LogP contribution < -0.4 is 14.9 Å². The van der Waals surface area contributed by atoms with Gasteiger partial charge in [0.15, 0.2) is 23.2 Å². The number of nitrogens with zero attached hydrogens (tertiary/aromatic N) is 4. The molecular formula is C25H35N6O8P. The summed E-state index contributed by atoms with van der Waals surface area (Å²) in [4.78, 5) is 25.5. The molecule has 1 aliphatic heterocycles. The lowest BCUT2D eigenvalue weighted by molar-refractivity contribution is -0.149. The zero-order chi connectivity index (χ0) is 29.2. The first kappa shape index (κ1) is 29.8. The summed E-state index contributed by atoms with van der Waals surface area (Å²) in [5.41, 5.74) is -0.978. The number of aromatic nitrogens is 4. The van der Waals surface area contributed by atoms with Gasteiger partial charge in [0, 0.05) is 7.05 Å². The first-order valence-electron chi connectivity index (χ1n) is 12.8. The number of aryl methyl sites for hydroxylation is 1. The maximum absolute atomic E-state index is 13.8. The number of hydrogen-bond donors (Lipinski definition) is 4. The van der Waals surface area contributed by atoms with E-state index in [2.05, 4.69) is 25.4 Å². The van der Waals surface area contributed by atoms with Crippen molar-refractivity contribution in [1.82, 2.24) is 24.6 Å². The molecule has 1 aromatic carbocycles. The minimum atomic E-state index is -4.22. The van der Waals surface area contributed by atoms with Gasteiger partial charge in [0.1, 0.15) is 35.4 Å². The third-order valence-corrected chi connectivity index (χ3v) is 7.86. The number of hydrogen-bond acceptors (Lipinski definition) is 12. The molecule has 0 amide bonds. The molecule has 4 rings (SSSR count). The van der Waals surface area contributed by atoms with Gasteiger partial charge in [0.25, 0.3) is 0 Å². The van der Waals surface area contributed by atoms with E-state index in [9.17, 15) is 19.6 Å². The molecule has 1 aliphatic rings. The van der Waals surface area contributed by atoms with Gasteiger partial charge >= 0.3 is 13.7 Å². The van der Waals surface area contributed by atoms with Crippen LogP contribution in [0.4, 0.5) is 5.82 Å². The Hall–Kier alpha value is -3.13. The molecular weight excluding hydrogens is 543 g/mol. The van der Waals surface area contributed by atoms with Gasteiger partial charge in [-0.25, -0.2) is 19.5 Å². The van der Waals surface area contributed by atoms with Crippen LogP contribution in [0.5, 0.6) is 5.75 Å². The lowest BCUT2D eigenvalue weighted by atomic mass is 9.96. The highest BCUT2D eigenvalue weighted by Crippen LogP contribution is 2.47. The number of aliphatic hydroxyl groups excluding tert-OH is 1. The monoisotopic (exact) mass is 578 g/mol. The maximum atomic E-state index is 13.8. The molecule has 0 unspecified atom stereocenters. The minimum absolute atomic E-state index is 0.223. The number of nitrogens with one attached hydrogen (secondary N) is 2. The summed E-state index contributed by atoms with van der Waals surface area (Å²) in [5, 5.41) is 27.8. The van der Waals surface area contributed by atoms with Crippen molar-refractivity contribution in [3.8, 4) is 5.75 Å². The summed E-state index contributed by atoms with van der Waals surface area (Å²) in [6, 6.07) is 7.22. The van der Waals surface area contributed by atoms with Crippen LogP contribution in [-0.4, -0.2) is 79.3 Å². The molecule has 1 saturated heterocycles. The van der Waals surface area contributed by atoms with Gasteiger partial charge in [-0.2, -0.15) is 5.09 Å². The smallest absolute Gasteiger partial charge is 0.459 e. The Bertz CT molecular complexity index is 1380. The molecule has 1 fully saturated rings. The van der Waals surface area contributed by atoms with E-state index in [1.54, 1.807) is 58.2 Å². The Morgan fingerprint density at radius 1 is 1.25 bits per heavy atom. The molecule has 6 atom stereocenters. The van der Waals surface area contributed by atoms with E-state index in [1.807, 2.05) is 0 Å². The number of benzene rings is 1. The average Bonchev–Trinajstić information content (AvgIpc) is 3.40. The molecule has 4 N–H and O–H groups in total. The highest BCUT2D eigenvalue weighted by molar-refractivity contribution is 7.52. The second kappa shape index (κ2) is 11.8. The Morgan fingerprint density at radius 3 is 2.60 bits per heavy atom. The fraction of sp³-hybridized carbons (Fsp3) is 0.520. The van der Waals surface area contributed by atoms with E-state index in [-0.39, 0.29) is 11.9 Å². The number of esters is 1. The first-order chi connectivity index (χ1) is 18.8. The van der Waals surface area contributed by atoms with Gasteiger partial charge in [0.05, 0.1) is 19.0 Å². The fourth-order valence-corrected chi connectivity index (χ4v) is 5.76. The largest absolute Gasteiger partial charge is 0.462 e. The van der Waals surface area contributed by atoms with Crippen molar-refractivity contribution in [1.29, 1.82) is 0 Å². The summed E-state index contributed by atoms with van der Waals surface area (Å²) < 4.78 is 37.8. The molecule has 15 heteroatoms. The van der Waals surface area contributed by atoms with Crippen LogP contribution in [0.1, 0.15) is 39.7 Å². The van der Waals surface area contributed by atoms with E-state index in [1.165, 1.54) is 24.7 Å². The van der Waals surface area contributed by atoms with Crippen LogP contribution >= 0.6 is 7.75 Å². The molecule has 40 heavy (non-hydrogen) atoms. The zero-order valence-corrected chi connectivity index (χ0v) is 24.0. The third-order valence-electron chi connectivity index (χ3n) is 6.21. The standard InChI is InChI=1S/C25H35N6O8P/c1-14(2)37-23(33)15(3)30-40(35,39-17-10-8-7-9-11-17)36-12-18-20(32)25(5,34)24(38-18)31-13-27-19-21(26-6)28-16(4)29-22(19)31/h7-11,13-15,18,20,24,32,34H,12H2,1-6H3,(H,30,35)(H,26,28,29)/t15-,18-,20-,24-,25-,40-/m1/s1. The SMILES string of the molecule is CNc1nc(C)nc2c1ncn2[C@@H]1O[C@H](CO[P@](=O)(N[C@H](C)C(=O)OC(C)C)Oc2ccccc2)[C@@H](O)[C@@]1(C)O. The molecule has 218 valence electrons. The van der Waals surface area contributed by atoms with Crippen LogP contribution in [-0.2, 0) is 23.4 Å². The number of imidazole rings is 1. The quantitative estimate of drug-likeness (QED) is 0.193. The molecule has 3 heterocycles. The Kier molecular flexibility index (Phi) is 8.78. The predicted octanol–water partition coefficient (Wildman–Crippen LogP) is 2.32. The summed E-state index contributed by atoms with van der Waals surface area (Å²) in [6.45, 7) is 7.51. The molecule has 0 saturated carbocycles. The van der Waals surface area contributed by atoms with Gasteiger partial charge in [-0.15, -0.1) is 0 Å². The zero-order valence-electron chi connectivity index (χ0n) is 23.1. The summed E-state index contributed by atoms with van der Waals surface area (Å²) in [5.74, 6) is 0.531. The lowest BCUT2D eigenvalue weighted by Crippen LogP contribution is -2.44. The second-order valence-electron chi connectivity index (χ2n) is 9.93. The van der Waals surface area contributed by atoms with E-state index in [0.717, 1.165) is 0 Å². The highest BCUT2D eigenvalue weighted by atomic mass is 31.2. The van der Waals surface area contributed by atoms with Crippen LogP contribution in [0.25, 0.3) is 11.2 Å². The van der Waals surface area contributed by atoms with Gasteiger partial charge in [0.2, 0.25) is 0 Å². The topological polar surface area (TPSA) is 179 Å². The molecule has 0 radical (unpaired) electrons. The van der Waals surface area contributed by atoms with E-state index in [0.29, 0.717) is 22.8 Å². The molecule has 0 bridgehead atoms. The fourth-order valence-electron chi connectivity index (χ4n) is 4.25. The number of carbonyl (C=O) groups excluding carboxylic acids is 1. The van der Waals surface area contributed by atoms with E-state index in [4.69, 9.17) is 18.5 Å². The van der Waals surface area contributed by atoms with Gasteiger partial charge in [-0.05, 0) is 46.8 Å². The predicted molar refractivity (Wildman–Crippen MR) is 145 cm³/mol. The Labute approximate surface area is 231 Å². The molecule has 0 spiro atoms. The Balaban J connectivity index is 1.56. The van der Waals surface area contributed by atoms with Crippen molar-refractivity contribution in [3.05, 3.63) is 42.5 Å². The number of rotatable bonds is 11. The van der Waals surface area contributed by atoms with Gasteiger partial charge in [-0.3, -0.25) is 13.9 Å². The maximum Gasteiger partial charge on any atom is 0.459 e. The summed E-state index contributed by atoms with van der Waals surface area (Å²) in [6.07, 6.45) is -2.68. The summed E-state index contributed by atoms with van der Waals surface area (Å²) in [7, 11) is -2.52. The second-order valence-corrected chi connectivity index (χ2v) is 11.6. The number of ether oxygens (including phenoxy) is 2. The molecule has 0 aliphatic carbocycles. The molecule has 2 aromatic heterocycles. The number of aliphatic hydroxyl groups is 2. The van der Waals surface area contributed by atoms with E-state index >= 15 is 0 Å². The molecule has 14 nitrogen and oxygen atoms in total. The highest BCUT2D eigenvalue weighted by Gasteiger charge is 2.54. The van der Waals surface area contributed by atoms with E-state index < -0.39 is 50.4 Å².